The molecule has 0 spiro atoms. The molecule has 0 fully saturated rings. The summed E-state index contributed by atoms with van der Waals surface area (Å²) in [5, 5.41) is 4.09. The van der Waals surface area contributed by atoms with Crippen LogP contribution in [-0.4, -0.2) is 35.2 Å². The molecule has 0 aromatic rings. The molecule has 0 aromatic carbocycles. The van der Waals surface area contributed by atoms with Gasteiger partial charge in [-0.1, -0.05) is 0 Å². The molecular formula is C4H5ClF3N3. The van der Waals surface area contributed by atoms with Gasteiger partial charge in [0.05, 0.1) is 0 Å². The molecule has 0 radical (unpaired) electrons. The van der Waals surface area contributed by atoms with Crippen LogP contribution in [0.4, 0.5) is 13.2 Å². The Morgan fingerprint density at radius 2 is 2.09 bits per heavy atom. The summed E-state index contributed by atoms with van der Waals surface area (Å²) in [6.45, 7) is 0. The number of nitrogens with zero attached hydrogens (tertiary/aromatic N) is 3. The number of alkyl halides is 3. The summed E-state index contributed by atoms with van der Waals surface area (Å²) < 4.78 is 36.5. The molecule has 0 saturated heterocycles. The van der Waals surface area contributed by atoms with Crippen LogP contribution in [0.3, 0.4) is 0 Å². The fourth-order valence-electron chi connectivity index (χ4n) is 0.768. The van der Waals surface area contributed by atoms with Gasteiger partial charge >= 0.3 is 6.18 Å². The fourth-order valence-corrected chi connectivity index (χ4v) is 1.04. The number of hydrazone groups is 1. The van der Waals surface area contributed by atoms with Crippen molar-refractivity contribution in [1.29, 1.82) is 0 Å². The van der Waals surface area contributed by atoms with Crippen LogP contribution in [0.2, 0.25) is 0 Å². The molecule has 0 aliphatic carbocycles. The van der Waals surface area contributed by atoms with E-state index in [-0.39, 0.29) is 0 Å². The third kappa shape index (κ3) is 1.50. The predicted molar refractivity (Wildman–Crippen MR) is 33.8 cm³/mol. The van der Waals surface area contributed by atoms with Crippen molar-refractivity contribution in [2.75, 3.05) is 7.05 Å². The van der Waals surface area contributed by atoms with Crippen LogP contribution in [-0.2, 0) is 0 Å². The molecule has 0 amide bonds. The molecule has 1 aliphatic rings. The lowest BCUT2D eigenvalue weighted by atomic mass is 10.5. The maximum Gasteiger partial charge on any atom is 0.430 e. The van der Waals surface area contributed by atoms with Gasteiger partial charge in [-0.2, -0.15) is 18.3 Å². The SMILES string of the molecule is CN1N=CN(Cl)C1C(F)(F)F. The van der Waals surface area contributed by atoms with Crippen molar-refractivity contribution >= 4 is 18.1 Å². The zero-order valence-corrected chi connectivity index (χ0v) is 6.26. The van der Waals surface area contributed by atoms with Gasteiger partial charge in [-0.3, -0.25) is 5.01 Å². The Bertz CT molecular complexity index is 168. The first-order chi connectivity index (χ1) is 4.93. The molecule has 0 aromatic heterocycles. The topological polar surface area (TPSA) is 18.8 Å². The Morgan fingerprint density at radius 1 is 1.55 bits per heavy atom. The van der Waals surface area contributed by atoms with Crippen LogP contribution >= 0.6 is 11.8 Å². The minimum Gasteiger partial charge on any atom is -0.266 e. The molecule has 1 heterocycles. The molecule has 11 heavy (non-hydrogen) atoms. The van der Waals surface area contributed by atoms with E-state index in [0.29, 0.717) is 4.42 Å². The van der Waals surface area contributed by atoms with E-state index in [4.69, 9.17) is 11.8 Å². The van der Waals surface area contributed by atoms with Crippen molar-refractivity contribution in [2.24, 2.45) is 5.10 Å². The summed E-state index contributed by atoms with van der Waals surface area (Å²) in [7, 11) is 1.21. The summed E-state index contributed by atoms with van der Waals surface area (Å²) >= 11 is 5.18. The van der Waals surface area contributed by atoms with Crippen LogP contribution in [0.25, 0.3) is 0 Å². The van der Waals surface area contributed by atoms with Gasteiger partial charge in [0, 0.05) is 18.8 Å². The van der Waals surface area contributed by atoms with E-state index >= 15 is 0 Å². The van der Waals surface area contributed by atoms with Crippen molar-refractivity contribution in [2.45, 2.75) is 12.3 Å². The van der Waals surface area contributed by atoms with Crippen LogP contribution in [0, 0.1) is 0 Å². The molecule has 0 saturated carbocycles. The molecule has 1 rings (SSSR count). The molecule has 64 valence electrons. The summed E-state index contributed by atoms with van der Waals surface area (Å²) in [5.74, 6) is 0. The third-order valence-electron chi connectivity index (χ3n) is 1.22. The van der Waals surface area contributed by atoms with E-state index in [2.05, 4.69) is 5.10 Å². The van der Waals surface area contributed by atoms with Gasteiger partial charge in [0.1, 0.15) is 6.34 Å². The van der Waals surface area contributed by atoms with Crippen molar-refractivity contribution in [3.8, 4) is 0 Å². The Labute approximate surface area is 66.1 Å². The number of rotatable bonds is 0. The minimum atomic E-state index is -4.38. The molecule has 0 N–H and O–H groups in total. The largest absolute Gasteiger partial charge is 0.430 e. The molecule has 1 atom stereocenters. The summed E-state index contributed by atoms with van der Waals surface area (Å²) in [6.07, 6.45) is -5.31. The Morgan fingerprint density at radius 3 is 2.27 bits per heavy atom. The van der Waals surface area contributed by atoms with Crippen LogP contribution < -0.4 is 0 Å². The highest BCUT2D eigenvalue weighted by Gasteiger charge is 2.48. The van der Waals surface area contributed by atoms with E-state index < -0.39 is 12.3 Å². The second kappa shape index (κ2) is 2.44. The van der Waals surface area contributed by atoms with Crippen molar-refractivity contribution < 1.29 is 13.2 Å². The third-order valence-corrected chi connectivity index (χ3v) is 1.50. The van der Waals surface area contributed by atoms with Crippen LogP contribution in [0.5, 0.6) is 0 Å². The highest BCUT2D eigenvalue weighted by molar-refractivity contribution is 6.19. The van der Waals surface area contributed by atoms with E-state index in [9.17, 15) is 13.2 Å². The second-order valence-corrected chi connectivity index (χ2v) is 2.45. The quantitative estimate of drug-likeness (QED) is 0.531. The lowest BCUT2D eigenvalue weighted by molar-refractivity contribution is -0.193. The molecule has 7 heteroatoms. The second-order valence-electron chi connectivity index (χ2n) is 2.06. The van der Waals surface area contributed by atoms with E-state index in [1.807, 2.05) is 0 Å². The molecule has 1 unspecified atom stereocenters. The number of hydrogen-bond donors (Lipinski definition) is 0. The van der Waals surface area contributed by atoms with Crippen LogP contribution in [0.15, 0.2) is 5.10 Å². The van der Waals surface area contributed by atoms with Gasteiger partial charge < -0.3 is 0 Å². The van der Waals surface area contributed by atoms with Gasteiger partial charge in [0.25, 0.3) is 0 Å². The maximum absolute atomic E-state index is 12.0. The lowest BCUT2D eigenvalue weighted by Gasteiger charge is -2.24. The number of hydrogen-bond acceptors (Lipinski definition) is 3. The molecule has 1 aliphatic heterocycles. The Hall–Kier alpha value is -0.650. The Kier molecular flexibility index (Phi) is 1.87. The summed E-state index contributed by atoms with van der Waals surface area (Å²) in [6, 6.07) is 0. The highest BCUT2D eigenvalue weighted by Crippen LogP contribution is 2.29. The average molecular weight is 188 g/mol. The van der Waals surface area contributed by atoms with Crippen molar-refractivity contribution in [3.05, 3.63) is 0 Å². The summed E-state index contributed by atoms with van der Waals surface area (Å²) in [4.78, 5) is 0. The van der Waals surface area contributed by atoms with E-state index in [1.54, 1.807) is 0 Å². The zero-order valence-electron chi connectivity index (χ0n) is 5.51. The van der Waals surface area contributed by atoms with Gasteiger partial charge in [0.2, 0.25) is 6.17 Å². The monoisotopic (exact) mass is 187 g/mol. The molecule has 3 nitrogen and oxygen atoms in total. The Balaban J connectivity index is 2.74. The maximum atomic E-state index is 12.0. The average Bonchev–Trinajstić information content (AvgIpc) is 2.08. The first-order valence-electron chi connectivity index (χ1n) is 2.70. The first kappa shape index (κ1) is 8.45. The van der Waals surface area contributed by atoms with Crippen LogP contribution in [0.1, 0.15) is 0 Å². The van der Waals surface area contributed by atoms with Gasteiger partial charge in [-0.15, -0.1) is 0 Å². The lowest BCUT2D eigenvalue weighted by Crippen LogP contribution is -2.45. The predicted octanol–water partition coefficient (Wildman–Crippen LogP) is 1.22. The standard InChI is InChI=1S/C4H5ClF3N3/c1-10-3(4(6,7)8)11(5)2-9-10/h2-3H,1H3. The smallest absolute Gasteiger partial charge is 0.266 e. The number of halogens is 4. The molecule has 0 bridgehead atoms. The highest BCUT2D eigenvalue weighted by atomic mass is 35.5. The minimum absolute atomic E-state index is 0.486. The van der Waals surface area contributed by atoms with Gasteiger partial charge in [0.15, 0.2) is 0 Å². The molecular weight excluding hydrogens is 183 g/mol. The summed E-state index contributed by atoms with van der Waals surface area (Å²) in [5.41, 5.74) is 0. The van der Waals surface area contributed by atoms with Gasteiger partial charge in [-0.25, -0.2) is 4.42 Å². The van der Waals surface area contributed by atoms with Gasteiger partial charge in [-0.05, 0) is 0 Å². The normalized spacial score (nSPS) is 25.0. The van der Waals surface area contributed by atoms with Crippen molar-refractivity contribution in [1.82, 2.24) is 9.43 Å². The first-order valence-corrected chi connectivity index (χ1v) is 3.04. The van der Waals surface area contributed by atoms with E-state index in [1.165, 1.54) is 7.05 Å². The zero-order chi connectivity index (χ0) is 8.65. The fraction of sp³-hybridized carbons (Fsp3) is 0.750. The van der Waals surface area contributed by atoms with Crippen molar-refractivity contribution in [3.63, 3.8) is 0 Å². The van der Waals surface area contributed by atoms with E-state index in [0.717, 1.165) is 11.3 Å².